The van der Waals surface area contributed by atoms with Crippen molar-refractivity contribution in [1.82, 2.24) is 4.98 Å². The van der Waals surface area contributed by atoms with Gasteiger partial charge in [0.15, 0.2) is 0 Å². The Labute approximate surface area is 123 Å². The SMILES string of the molecule is CN(c1ccccc1)c1cc(CCl)nc2ccccc12. The molecule has 2 nitrogen and oxygen atoms in total. The van der Waals surface area contributed by atoms with Gasteiger partial charge in [-0.3, -0.25) is 4.98 Å². The first-order valence-electron chi connectivity index (χ1n) is 6.53. The molecule has 0 amide bonds. The van der Waals surface area contributed by atoms with Crippen LogP contribution in [0.15, 0.2) is 60.7 Å². The van der Waals surface area contributed by atoms with Crippen LogP contribution in [-0.4, -0.2) is 12.0 Å². The van der Waals surface area contributed by atoms with Gasteiger partial charge >= 0.3 is 0 Å². The van der Waals surface area contributed by atoms with Gasteiger partial charge in [-0.15, -0.1) is 11.6 Å². The highest BCUT2D eigenvalue weighted by Crippen LogP contribution is 2.31. The summed E-state index contributed by atoms with van der Waals surface area (Å²) in [5, 5.41) is 1.13. The van der Waals surface area contributed by atoms with Crippen LogP contribution in [0.4, 0.5) is 11.4 Å². The lowest BCUT2D eigenvalue weighted by Crippen LogP contribution is -2.10. The summed E-state index contributed by atoms with van der Waals surface area (Å²) in [5.41, 5.74) is 4.13. The molecule has 3 heteroatoms. The third-order valence-electron chi connectivity index (χ3n) is 3.39. The number of alkyl halides is 1. The number of hydrogen-bond donors (Lipinski definition) is 0. The van der Waals surface area contributed by atoms with Crippen molar-refractivity contribution in [3.8, 4) is 0 Å². The van der Waals surface area contributed by atoms with E-state index in [1.54, 1.807) is 0 Å². The number of nitrogens with zero attached hydrogens (tertiary/aromatic N) is 2. The summed E-state index contributed by atoms with van der Waals surface area (Å²) < 4.78 is 0. The van der Waals surface area contributed by atoms with E-state index in [0.29, 0.717) is 5.88 Å². The first-order valence-corrected chi connectivity index (χ1v) is 7.06. The molecular formula is C17H15ClN2. The number of pyridine rings is 1. The molecule has 3 rings (SSSR count). The van der Waals surface area contributed by atoms with Crippen LogP contribution < -0.4 is 4.90 Å². The molecule has 0 aliphatic carbocycles. The summed E-state index contributed by atoms with van der Waals surface area (Å²) in [7, 11) is 2.06. The van der Waals surface area contributed by atoms with E-state index >= 15 is 0 Å². The maximum atomic E-state index is 5.97. The van der Waals surface area contributed by atoms with Gasteiger partial charge in [0.1, 0.15) is 0 Å². The van der Waals surface area contributed by atoms with Crippen LogP contribution in [0.5, 0.6) is 0 Å². The molecule has 3 aromatic rings. The van der Waals surface area contributed by atoms with Crippen molar-refractivity contribution in [1.29, 1.82) is 0 Å². The smallest absolute Gasteiger partial charge is 0.0726 e. The fraction of sp³-hybridized carbons (Fsp3) is 0.118. The van der Waals surface area contributed by atoms with E-state index in [0.717, 1.165) is 28.0 Å². The first-order chi connectivity index (χ1) is 9.79. The Bertz CT molecular complexity index is 725. The zero-order valence-electron chi connectivity index (χ0n) is 11.3. The summed E-state index contributed by atoms with van der Waals surface area (Å²) in [6.45, 7) is 0. The maximum absolute atomic E-state index is 5.97. The normalized spacial score (nSPS) is 10.7. The number of hydrogen-bond acceptors (Lipinski definition) is 2. The molecule has 0 spiro atoms. The molecule has 0 saturated heterocycles. The van der Waals surface area contributed by atoms with Crippen molar-refractivity contribution in [2.45, 2.75) is 5.88 Å². The fourth-order valence-corrected chi connectivity index (χ4v) is 2.48. The van der Waals surface area contributed by atoms with Crippen molar-refractivity contribution >= 4 is 33.9 Å². The Hall–Kier alpha value is -2.06. The van der Waals surface area contributed by atoms with Crippen LogP contribution in [0.25, 0.3) is 10.9 Å². The number of aromatic nitrogens is 1. The zero-order chi connectivity index (χ0) is 13.9. The summed E-state index contributed by atoms with van der Waals surface area (Å²) in [4.78, 5) is 6.74. The van der Waals surface area contributed by atoms with Gasteiger partial charge in [0, 0.05) is 18.1 Å². The molecule has 0 bridgehead atoms. The fourth-order valence-electron chi connectivity index (χ4n) is 2.35. The van der Waals surface area contributed by atoms with Gasteiger partial charge in [-0.25, -0.2) is 0 Å². The first kappa shape index (κ1) is 12.9. The number of anilines is 2. The van der Waals surface area contributed by atoms with Crippen LogP contribution >= 0.6 is 11.6 Å². The molecule has 100 valence electrons. The molecular weight excluding hydrogens is 268 g/mol. The Morgan fingerprint density at radius 1 is 1.00 bits per heavy atom. The second-order valence-electron chi connectivity index (χ2n) is 4.68. The van der Waals surface area contributed by atoms with E-state index in [4.69, 9.17) is 11.6 Å². The van der Waals surface area contributed by atoms with Crippen molar-refractivity contribution in [3.63, 3.8) is 0 Å². The highest BCUT2D eigenvalue weighted by atomic mass is 35.5. The minimum Gasteiger partial charge on any atom is -0.344 e. The molecule has 0 fully saturated rings. The predicted octanol–water partition coefficient (Wildman–Crippen LogP) is 4.74. The minimum absolute atomic E-state index is 0.417. The van der Waals surface area contributed by atoms with E-state index in [1.165, 1.54) is 0 Å². The second-order valence-corrected chi connectivity index (χ2v) is 4.95. The molecule has 0 saturated carbocycles. The quantitative estimate of drug-likeness (QED) is 0.645. The molecule has 1 heterocycles. The van der Waals surface area contributed by atoms with Gasteiger partial charge < -0.3 is 4.90 Å². The van der Waals surface area contributed by atoms with E-state index < -0.39 is 0 Å². The van der Waals surface area contributed by atoms with Crippen LogP contribution in [-0.2, 0) is 5.88 Å². The molecule has 20 heavy (non-hydrogen) atoms. The summed E-state index contributed by atoms with van der Waals surface area (Å²) in [6, 6.07) is 20.5. The molecule has 1 aromatic heterocycles. The lowest BCUT2D eigenvalue weighted by atomic mass is 10.1. The van der Waals surface area contributed by atoms with Crippen LogP contribution in [0, 0.1) is 0 Å². The summed E-state index contributed by atoms with van der Waals surface area (Å²) in [6.07, 6.45) is 0. The number of fused-ring (bicyclic) bond motifs is 1. The van der Waals surface area contributed by atoms with Gasteiger partial charge in [-0.1, -0.05) is 36.4 Å². The van der Waals surface area contributed by atoms with E-state index in [2.05, 4.69) is 41.2 Å². The second kappa shape index (κ2) is 5.51. The van der Waals surface area contributed by atoms with Gasteiger partial charge in [0.25, 0.3) is 0 Å². The van der Waals surface area contributed by atoms with Crippen LogP contribution in [0.3, 0.4) is 0 Å². The third-order valence-corrected chi connectivity index (χ3v) is 3.66. The van der Waals surface area contributed by atoms with E-state index in [1.807, 2.05) is 36.4 Å². The summed E-state index contributed by atoms with van der Waals surface area (Å²) in [5.74, 6) is 0.417. The molecule has 0 aliphatic heterocycles. The van der Waals surface area contributed by atoms with Gasteiger partial charge in [0.05, 0.1) is 22.8 Å². The Morgan fingerprint density at radius 2 is 1.70 bits per heavy atom. The largest absolute Gasteiger partial charge is 0.344 e. The van der Waals surface area contributed by atoms with Crippen molar-refractivity contribution in [2.24, 2.45) is 0 Å². The Balaban J connectivity index is 2.19. The predicted molar refractivity (Wildman–Crippen MR) is 85.8 cm³/mol. The monoisotopic (exact) mass is 282 g/mol. The van der Waals surface area contributed by atoms with Gasteiger partial charge in [0.2, 0.25) is 0 Å². The van der Waals surface area contributed by atoms with Gasteiger partial charge in [-0.05, 0) is 24.3 Å². The Morgan fingerprint density at radius 3 is 2.45 bits per heavy atom. The van der Waals surface area contributed by atoms with Crippen molar-refractivity contribution in [3.05, 3.63) is 66.4 Å². The van der Waals surface area contributed by atoms with Gasteiger partial charge in [-0.2, -0.15) is 0 Å². The highest BCUT2D eigenvalue weighted by molar-refractivity contribution is 6.17. The third kappa shape index (κ3) is 2.35. The maximum Gasteiger partial charge on any atom is 0.0726 e. The zero-order valence-corrected chi connectivity index (χ0v) is 12.0. The molecule has 0 N–H and O–H groups in total. The van der Waals surface area contributed by atoms with E-state index in [9.17, 15) is 0 Å². The lowest BCUT2D eigenvalue weighted by molar-refractivity contribution is 1.17. The minimum atomic E-state index is 0.417. The molecule has 0 radical (unpaired) electrons. The molecule has 0 unspecified atom stereocenters. The topological polar surface area (TPSA) is 16.1 Å². The number of benzene rings is 2. The standard InChI is InChI=1S/C17H15ClN2/c1-20(14-7-3-2-4-8-14)17-11-13(12-18)19-16-10-6-5-9-15(16)17/h2-11H,12H2,1H3. The van der Waals surface area contributed by atoms with E-state index in [-0.39, 0.29) is 0 Å². The molecule has 0 aliphatic rings. The van der Waals surface area contributed by atoms with Crippen molar-refractivity contribution in [2.75, 3.05) is 11.9 Å². The van der Waals surface area contributed by atoms with Crippen LogP contribution in [0.2, 0.25) is 0 Å². The average Bonchev–Trinajstić information content (AvgIpc) is 2.54. The highest BCUT2D eigenvalue weighted by Gasteiger charge is 2.10. The number of rotatable bonds is 3. The summed E-state index contributed by atoms with van der Waals surface area (Å²) >= 11 is 5.97. The average molecular weight is 283 g/mol. The Kier molecular flexibility index (Phi) is 3.57. The lowest BCUT2D eigenvalue weighted by Gasteiger charge is -2.22. The van der Waals surface area contributed by atoms with Crippen LogP contribution in [0.1, 0.15) is 5.69 Å². The molecule has 0 atom stereocenters. The number of halogens is 1. The molecule has 2 aromatic carbocycles. The number of para-hydroxylation sites is 2. The van der Waals surface area contributed by atoms with Crippen molar-refractivity contribution < 1.29 is 0 Å².